The van der Waals surface area contributed by atoms with Gasteiger partial charge in [-0.2, -0.15) is 5.10 Å². The van der Waals surface area contributed by atoms with E-state index in [4.69, 9.17) is 4.74 Å². The molecular formula is C29H35FN6O4S. The van der Waals surface area contributed by atoms with Crippen LogP contribution in [0.4, 0.5) is 21.6 Å². The molecule has 0 saturated heterocycles. The second-order valence-electron chi connectivity index (χ2n) is 10.1. The second-order valence-corrected chi connectivity index (χ2v) is 12.1. The van der Waals surface area contributed by atoms with Crippen LogP contribution >= 0.6 is 0 Å². The van der Waals surface area contributed by atoms with E-state index in [9.17, 15) is 17.6 Å². The number of hydrogen-bond donors (Lipinski definition) is 3. The zero-order valence-electron chi connectivity index (χ0n) is 23.7. The van der Waals surface area contributed by atoms with Crippen molar-refractivity contribution in [2.45, 2.75) is 22.8 Å². The third kappa shape index (κ3) is 7.02. The van der Waals surface area contributed by atoms with Crippen molar-refractivity contribution in [3.05, 3.63) is 72.0 Å². The van der Waals surface area contributed by atoms with Crippen molar-refractivity contribution in [2.24, 2.45) is 0 Å². The minimum atomic E-state index is -4.00. The molecule has 0 spiro atoms. The Morgan fingerprint density at radius 2 is 1.80 bits per heavy atom. The monoisotopic (exact) mass is 582 g/mol. The number of benzene rings is 3. The molecule has 1 heterocycles. The SMILES string of the molecule is COCC(C)Nc1cc(N(C)CCN(C)C)ccc1C(=O)Nc1n[nH]c2ccc(S(=O)(=O)c3cccc(F)c3)cc12. The normalized spacial score (nSPS) is 12.5. The first-order chi connectivity index (χ1) is 19.5. The van der Waals surface area contributed by atoms with Crippen molar-refractivity contribution in [2.75, 3.05) is 63.5 Å². The van der Waals surface area contributed by atoms with Gasteiger partial charge in [0, 0.05) is 50.0 Å². The molecular weight excluding hydrogens is 547 g/mol. The van der Waals surface area contributed by atoms with Crippen molar-refractivity contribution in [1.29, 1.82) is 0 Å². The number of hydrogen-bond acceptors (Lipinski definition) is 8. The number of rotatable bonds is 12. The van der Waals surface area contributed by atoms with Crippen LogP contribution in [0.25, 0.3) is 10.9 Å². The summed E-state index contributed by atoms with van der Waals surface area (Å²) in [6.45, 7) is 4.06. The Hall–Kier alpha value is -4.00. The lowest BCUT2D eigenvalue weighted by Crippen LogP contribution is -2.29. The van der Waals surface area contributed by atoms with Crippen LogP contribution < -0.4 is 15.5 Å². The van der Waals surface area contributed by atoms with Gasteiger partial charge in [-0.3, -0.25) is 9.89 Å². The van der Waals surface area contributed by atoms with Crippen molar-refractivity contribution in [1.82, 2.24) is 15.1 Å². The Morgan fingerprint density at radius 3 is 2.51 bits per heavy atom. The number of amides is 1. The average Bonchev–Trinajstić information content (AvgIpc) is 3.33. The third-order valence-corrected chi connectivity index (χ3v) is 8.32. The van der Waals surface area contributed by atoms with E-state index in [0.717, 1.165) is 24.8 Å². The molecule has 1 amide bonds. The topological polar surface area (TPSA) is 120 Å². The minimum Gasteiger partial charge on any atom is -0.383 e. The summed E-state index contributed by atoms with van der Waals surface area (Å²) in [5.41, 5.74) is 2.48. The van der Waals surface area contributed by atoms with Crippen LogP contribution in [0.1, 0.15) is 17.3 Å². The summed E-state index contributed by atoms with van der Waals surface area (Å²) in [7, 11) is 3.63. The number of halogens is 1. The summed E-state index contributed by atoms with van der Waals surface area (Å²) in [6, 6.07) is 14.7. The lowest BCUT2D eigenvalue weighted by molar-refractivity contribution is 0.102. The Morgan fingerprint density at radius 1 is 1.05 bits per heavy atom. The molecule has 3 aromatic carbocycles. The summed E-state index contributed by atoms with van der Waals surface area (Å²) in [5, 5.41) is 13.6. The first-order valence-electron chi connectivity index (χ1n) is 13.0. The van der Waals surface area contributed by atoms with Gasteiger partial charge in [-0.1, -0.05) is 6.07 Å². The fourth-order valence-electron chi connectivity index (χ4n) is 4.32. The number of carbonyl (C=O) groups is 1. The predicted octanol–water partition coefficient (Wildman–Crippen LogP) is 4.23. The Balaban J connectivity index is 1.65. The smallest absolute Gasteiger partial charge is 0.258 e. The van der Waals surface area contributed by atoms with E-state index in [1.165, 1.54) is 30.3 Å². The maximum absolute atomic E-state index is 13.7. The highest BCUT2D eigenvalue weighted by Gasteiger charge is 2.22. The maximum atomic E-state index is 13.7. The number of aromatic amines is 1. The van der Waals surface area contributed by atoms with E-state index >= 15 is 0 Å². The first kappa shape index (κ1) is 30.0. The molecule has 12 heteroatoms. The standard InChI is InChI=1S/C29H35FN6O4S/c1-19(18-40-5)31-27-16-21(36(4)14-13-35(2)3)9-11-24(27)29(37)32-28-25-17-23(10-12-26(25)33-34-28)41(38,39)22-8-6-7-20(30)15-22/h6-12,15-17,19,31H,13-14,18H2,1-5H3,(H2,32,33,34,37). The van der Waals surface area contributed by atoms with Crippen LogP contribution in [0.3, 0.4) is 0 Å². The number of fused-ring (bicyclic) bond motifs is 1. The van der Waals surface area contributed by atoms with Gasteiger partial charge in [0.05, 0.1) is 27.5 Å². The van der Waals surface area contributed by atoms with E-state index in [2.05, 4.69) is 30.6 Å². The maximum Gasteiger partial charge on any atom is 0.258 e. The molecule has 218 valence electrons. The second kappa shape index (κ2) is 12.7. The molecule has 0 aliphatic carbocycles. The molecule has 4 aromatic rings. The summed E-state index contributed by atoms with van der Waals surface area (Å²) < 4.78 is 45.3. The zero-order chi connectivity index (χ0) is 29.7. The number of H-pyrrole nitrogens is 1. The molecule has 3 N–H and O–H groups in total. The molecule has 0 aliphatic rings. The summed E-state index contributed by atoms with van der Waals surface area (Å²) in [4.78, 5) is 17.5. The highest BCUT2D eigenvalue weighted by Crippen LogP contribution is 2.30. The van der Waals surface area contributed by atoms with Gasteiger partial charge >= 0.3 is 0 Å². The first-order valence-corrected chi connectivity index (χ1v) is 14.5. The fraction of sp³-hybridized carbons (Fsp3) is 0.310. The van der Waals surface area contributed by atoms with Crippen molar-refractivity contribution in [3.8, 4) is 0 Å². The Bertz CT molecular complexity index is 1640. The molecule has 0 bridgehead atoms. The predicted molar refractivity (Wildman–Crippen MR) is 159 cm³/mol. The minimum absolute atomic E-state index is 0.0478. The van der Waals surface area contributed by atoms with Crippen LogP contribution in [-0.4, -0.2) is 83.4 Å². The molecule has 1 unspecified atom stereocenters. The highest BCUT2D eigenvalue weighted by molar-refractivity contribution is 7.91. The molecule has 1 atom stereocenters. The van der Waals surface area contributed by atoms with Crippen molar-refractivity contribution in [3.63, 3.8) is 0 Å². The number of carbonyl (C=O) groups excluding carboxylic acids is 1. The van der Waals surface area contributed by atoms with E-state index in [1.807, 2.05) is 40.2 Å². The number of sulfone groups is 1. The number of aromatic nitrogens is 2. The lowest BCUT2D eigenvalue weighted by Gasteiger charge is -2.24. The van der Waals surface area contributed by atoms with E-state index in [1.54, 1.807) is 19.2 Å². The van der Waals surface area contributed by atoms with Gasteiger partial charge in [0.2, 0.25) is 9.84 Å². The summed E-state index contributed by atoms with van der Waals surface area (Å²) in [5.74, 6) is -0.904. The molecule has 0 radical (unpaired) electrons. The molecule has 0 aliphatic heterocycles. The van der Waals surface area contributed by atoms with Crippen molar-refractivity contribution >= 4 is 43.8 Å². The number of nitrogens with zero attached hydrogens (tertiary/aromatic N) is 3. The fourth-order valence-corrected chi connectivity index (χ4v) is 5.64. The number of likely N-dealkylation sites (N-methyl/N-ethyl adjacent to an activating group) is 2. The van der Waals surface area contributed by atoms with Gasteiger partial charge in [0.1, 0.15) is 5.82 Å². The van der Waals surface area contributed by atoms with Gasteiger partial charge in [-0.25, -0.2) is 12.8 Å². The zero-order valence-corrected chi connectivity index (χ0v) is 24.5. The Kier molecular flexibility index (Phi) is 9.26. The van der Waals surface area contributed by atoms with Gasteiger partial charge in [-0.05, 0) is 75.6 Å². The third-order valence-electron chi connectivity index (χ3n) is 6.57. The van der Waals surface area contributed by atoms with Gasteiger partial charge in [0.25, 0.3) is 5.91 Å². The van der Waals surface area contributed by atoms with Gasteiger partial charge < -0.3 is 25.2 Å². The average molecular weight is 583 g/mol. The van der Waals surface area contributed by atoms with Gasteiger partial charge in [-0.15, -0.1) is 0 Å². The largest absolute Gasteiger partial charge is 0.383 e. The van der Waals surface area contributed by atoms with Crippen LogP contribution in [-0.2, 0) is 14.6 Å². The van der Waals surface area contributed by atoms with Crippen LogP contribution in [0.2, 0.25) is 0 Å². The van der Waals surface area contributed by atoms with E-state index < -0.39 is 21.6 Å². The van der Waals surface area contributed by atoms with E-state index in [0.29, 0.717) is 28.8 Å². The lowest BCUT2D eigenvalue weighted by atomic mass is 10.1. The molecule has 4 rings (SSSR count). The van der Waals surface area contributed by atoms with Crippen LogP contribution in [0.5, 0.6) is 0 Å². The number of anilines is 3. The highest BCUT2D eigenvalue weighted by atomic mass is 32.2. The van der Waals surface area contributed by atoms with E-state index in [-0.39, 0.29) is 21.7 Å². The van der Waals surface area contributed by atoms with Crippen LogP contribution in [0.15, 0.2) is 70.5 Å². The summed E-state index contributed by atoms with van der Waals surface area (Å²) >= 11 is 0. The Labute approximate surface area is 239 Å². The number of nitrogens with one attached hydrogen (secondary N) is 3. The molecule has 10 nitrogen and oxygen atoms in total. The van der Waals surface area contributed by atoms with Gasteiger partial charge in [0.15, 0.2) is 5.82 Å². The van der Waals surface area contributed by atoms with Crippen LogP contribution in [0, 0.1) is 5.82 Å². The number of ether oxygens (including phenoxy) is 1. The summed E-state index contributed by atoms with van der Waals surface area (Å²) in [6.07, 6.45) is 0. The molecule has 0 saturated carbocycles. The molecule has 0 fully saturated rings. The molecule has 41 heavy (non-hydrogen) atoms. The molecule has 1 aromatic heterocycles. The number of methoxy groups -OCH3 is 1. The quantitative estimate of drug-likeness (QED) is 0.227. The van der Waals surface area contributed by atoms with Crippen molar-refractivity contribution < 1.29 is 22.3 Å².